The fraction of sp³-hybridized carbons (Fsp3) is 0.276. The first-order valence-corrected chi connectivity index (χ1v) is 11.9. The zero-order chi connectivity index (χ0) is 25.9. The van der Waals surface area contributed by atoms with Gasteiger partial charge in [0.05, 0.1) is 12.6 Å². The van der Waals surface area contributed by atoms with Gasteiger partial charge in [-0.3, -0.25) is 9.79 Å². The van der Waals surface area contributed by atoms with Gasteiger partial charge in [0.2, 0.25) is 5.97 Å². The molecule has 2 N–H and O–H groups in total. The van der Waals surface area contributed by atoms with Crippen LogP contribution in [0, 0.1) is 6.92 Å². The number of aryl methyl sites for hydroxylation is 1. The van der Waals surface area contributed by atoms with E-state index in [4.69, 9.17) is 4.74 Å². The summed E-state index contributed by atoms with van der Waals surface area (Å²) in [5.74, 6) is -0.748. The summed E-state index contributed by atoms with van der Waals surface area (Å²) in [5.41, 5.74) is 4.68. The summed E-state index contributed by atoms with van der Waals surface area (Å²) in [7, 11) is 0. The zero-order valence-electron chi connectivity index (χ0n) is 20.9. The van der Waals surface area contributed by atoms with E-state index in [9.17, 15) is 14.0 Å². The lowest BCUT2D eigenvalue weighted by Gasteiger charge is -2.23. The SMILES string of the molecule is Cc1cccc(C(CNC(=O)OC(C)(C)C)NC(=O)c2cccc(-c3ccc4c(c3)C(F)=NC4)c2)c1. The molecule has 186 valence electrons. The van der Waals surface area contributed by atoms with Crippen LogP contribution in [-0.4, -0.2) is 30.1 Å². The number of alkyl carbamates (subject to hydrolysis) is 1. The maximum atomic E-state index is 14.0. The van der Waals surface area contributed by atoms with Crippen LogP contribution in [0.15, 0.2) is 71.7 Å². The molecule has 7 heteroatoms. The lowest BCUT2D eigenvalue weighted by atomic mass is 9.98. The molecule has 4 rings (SSSR count). The van der Waals surface area contributed by atoms with Crippen LogP contribution >= 0.6 is 0 Å². The van der Waals surface area contributed by atoms with Gasteiger partial charge in [-0.25, -0.2) is 4.79 Å². The predicted octanol–water partition coefficient (Wildman–Crippen LogP) is 5.89. The van der Waals surface area contributed by atoms with E-state index < -0.39 is 23.7 Å². The van der Waals surface area contributed by atoms with E-state index in [0.29, 0.717) is 17.7 Å². The van der Waals surface area contributed by atoms with Gasteiger partial charge in [-0.1, -0.05) is 54.1 Å². The number of aliphatic imine (C=N–C) groups is 1. The van der Waals surface area contributed by atoms with Crippen LogP contribution in [0.1, 0.15) is 59.4 Å². The number of hydrogen-bond donors (Lipinski definition) is 2. The molecule has 0 aromatic heterocycles. The lowest BCUT2D eigenvalue weighted by molar-refractivity contribution is 0.0520. The van der Waals surface area contributed by atoms with Crippen LogP contribution in [0.4, 0.5) is 9.18 Å². The van der Waals surface area contributed by atoms with E-state index in [1.165, 1.54) is 0 Å². The van der Waals surface area contributed by atoms with Crippen LogP contribution < -0.4 is 10.6 Å². The van der Waals surface area contributed by atoms with Crippen LogP contribution in [-0.2, 0) is 11.3 Å². The predicted molar refractivity (Wildman–Crippen MR) is 139 cm³/mol. The average Bonchev–Trinajstić information content (AvgIpc) is 3.20. The Morgan fingerprint density at radius 1 is 1.03 bits per heavy atom. The van der Waals surface area contributed by atoms with Crippen molar-refractivity contribution in [3.8, 4) is 11.1 Å². The average molecular weight is 488 g/mol. The minimum absolute atomic E-state index is 0.160. The fourth-order valence-corrected chi connectivity index (χ4v) is 4.05. The summed E-state index contributed by atoms with van der Waals surface area (Å²) >= 11 is 0. The van der Waals surface area contributed by atoms with Gasteiger partial charge < -0.3 is 15.4 Å². The normalized spacial score (nSPS) is 13.4. The largest absolute Gasteiger partial charge is 0.444 e. The molecule has 1 heterocycles. The van der Waals surface area contributed by atoms with Gasteiger partial charge in [-0.05, 0) is 68.1 Å². The summed E-state index contributed by atoms with van der Waals surface area (Å²) < 4.78 is 19.4. The maximum absolute atomic E-state index is 14.0. The molecule has 3 aromatic carbocycles. The second-order valence-corrected chi connectivity index (χ2v) is 9.88. The van der Waals surface area contributed by atoms with Gasteiger partial charge in [-0.2, -0.15) is 4.39 Å². The first kappa shape index (κ1) is 25.1. The number of nitrogens with zero attached hydrogens (tertiary/aromatic N) is 1. The number of carbonyl (C=O) groups is 2. The first-order chi connectivity index (χ1) is 17.1. The second kappa shape index (κ2) is 10.3. The molecule has 3 aromatic rings. The van der Waals surface area contributed by atoms with E-state index in [2.05, 4.69) is 15.6 Å². The molecule has 6 nitrogen and oxygen atoms in total. The van der Waals surface area contributed by atoms with E-state index in [1.807, 2.05) is 49.4 Å². The van der Waals surface area contributed by atoms with E-state index in [0.717, 1.165) is 27.8 Å². The fourth-order valence-electron chi connectivity index (χ4n) is 4.05. The molecule has 0 saturated heterocycles. The number of amides is 2. The third-order valence-electron chi connectivity index (χ3n) is 5.78. The molecule has 1 aliphatic heterocycles. The number of carbonyl (C=O) groups excluding carboxylic acids is 2. The third-order valence-corrected chi connectivity index (χ3v) is 5.78. The third kappa shape index (κ3) is 6.16. The van der Waals surface area contributed by atoms with Gasteiger partial charge in [0.1, 0.15) is 5.60 Å². The van der Waals surface area contributed by atoms with Gasteiger partial charge in [0.25, 0.3) is 5.91 Å². The van der Waals surface area contributed by atoms with Crippen LogP contribution in [0.2, 0.25) is 0 Å². The number of hydrogen-bond acceptors (Lipinski definition) is 4. The van der Waals surface area contributed by atoms with Crippen molar-refractivity contribution in [3.63, 3.8) is 0 Å². The molecular weight excluding hydrogens is 457 g/mol. The maximum Gasteiger partial charge on any atom is 0.407 e. The summed E-state index contributed by atoms with van der Waals surface area (Å²) in [6, 6.07) is 20.0. The molecule has 0 fully saturated rings. The smallest absolute Gasteiger partial charge is 0.407 e. The number of nitrogens with one attached hydrogen (secondary N) is 2. The van der Waals surface area contributed by atoms with Gasteiger partial charge in [-0.15, -0.1) is 0 Å². The Bertz CT molecular complexity index is 1330. The molecular formula is C29H30FN3O3. The summed E-state index contributed by atoms with van der Waals surface area (Å²) in [4.78, 5) is 29.4. The van der Waals surface area contributed by atoms with E-state index >= 15 is 0 Å². The molecule has 0 bridgehead atoms. The Balaban J connectivity index is 1.54. The van der Waals surface area contributed by atoms with Crippen molar-refractivity contribution in [2.45, 2.75) is 45.9 Å². The Labute approximate surface area is 210 Å². The Hall–Kier alpha value is -4.00. The number of benzene rings is 3. The molecule has 0 aliphatic carbocycles. The number of halogens is 1. The highest BCUT2D eigenvalue weighted by Gasteiger charge is 2.21. The van der Waals surface area contributed by atoms with Crippen molar-refractivity contribution in [1.29, 1.82) is 0 Å². The number of fused-ring (bicyclic) bond motifs is 1. The topological polar surface area (TPSA) is 79.8 Å². The first-order valence-electron chi connectivity index (χ1n) is 11.9. The molecule has 1 aliphatic rings. The minimum Gasteiger partial charge on any atom is -0.444 e. The summed E-state index contributed by atoms with van der Waals surface area (Å²) in [6.45, 7) is 7.86. The quantitative estimate of drug-likeness (QED) is 0.455. The summed E-state index contributed by atoms with van der Waals surface area (Å²) in [5, 5.41) is 5.79. The van der Waals surface area contributed by atoms with Crippen LogP contribution in [0.25, 0.3) is 11.1 Å². The molecule has 0 saturated carbocycles. The standard InChI is InChI=1S/C29H30FN3O3/c1-18-7-5-9-21(13-18)25(17-32-28(35)36-29(2,3)4)33-27(34)22-10-6-8-19(14-22)20-11-12-23-16-31-26(30)24(23)15-20/h5-15,25H,16-17H2,1-4H3,(H,32,35)(H,33,34). The minimum atomic E-state index is -0.626. The molecule has 1 unspecified atom stereocenters. The molecule has 2 amide bonds. The van der Waals surface area contributed by atoms with Crippen LogP contribution in [0.3, 0.4) is 0 Å². The van der Waals surface area contributed by atoms with Gasteiger partial charge >= 0.3 is 6.09 Å². The van der Waals surface area contributed by atoms with Crippen LogP contribution in [0.5, 0.6) is 0 Å². The highest BCUT2D eigenvalue weighted by molar-refractivity contribution is 5.99. The van der Waals surface area contributed by atoms with Crippen molar-refractivity contribution >= 4 is 18.0 Å². The van der Waals surface area contributed by atoms with Crippen molar-refractivity contribution < 1.29 is 18.7 Å². The molecule has 0 radical (unpaired) electrons. The zero-order valence-corrected chi connectivity index (χ0v) is 20.9. The van der Waals surface area contributed by atoms with Gasteiger partial charge in [0, 0.05) is 17.7 Å². The van der Waals surface area contributed by atoms with Crippen molar-refractivity contribution in [3.05, 3.63) is 94.5 Å². The second-order valence-electron chi connectivity index (χ2n) is 9.88. The van der Waals surface area contributed by atoms with Crippen molar-refractivity contribution in [2.75, 3.05) is 6.54 Å². The lowest BCUT2D eigenvalue weighted by Crippen LogP contribution is -2.40. The molecule has 36 heavy (non-hydrogen) atoms. The highest BCUT2D eigenvalue weighted by Crippen LogP contribution is 2.28. The van der Waals surface area contributed by atoms with E-state index in [1.54, 1.807) is 45.0 Å². The monoisotopic (exact) mass is 487 g/mol. The Morgan fingerprint density at radius 2 is 1.78 bits per heavy atom. The Morgan fingerprint density at radius 3 is 2.53 bits per heavy atom. The highest BCUT2D eigenvalue weighted by atomic mass is 19.1. The number of ether oxygens (including phenoxy) is 1. The summed E-state index contributed by atoms with van der Waals surface area (Å²) in [6.07, 6.45) is -0.552. The molecule has 1 atom stereocenters. The van der Waals surface area contributed by atoms with Gasteiger partial charge in [0.15, 0.2) is 0 Å². The molecule has 0 spiro atoms. The Kier molecular flexibility index (Phi) is 7.20. The number of rotatable bonds is 6. The van der Waals surface area contributed by atoms with Crippen molar-refractivity contribution in [1.82, 2.24) is 10.6 Å². The van der Waals surface area contributed by atoms with Crippen molar-refractivity contribution in [2.24, 2.45) is 4.99 Å². The van der Waals surface area contributed by atoms with E-state index in [-0.39, 0.29) is 12.5 Å².